The van der Waals surface area contributed by atoms with Crippen LogP contribution >= 0.6 is 15.9 Å². The molecular formula is C11H10BrF4NO2. The van der Waals surface area contributed by atoms with Gasteiger partial charge in [0.1, 0.15) is 17.7 Å². The molecule has 19 heavy (non-hydrogen) atoms. The summed E-state index contributed by atoms with van der Waals surface area (Å²) in [6, 6.07) is -0.712. The number of halogens is 5. The van der Waals surface area contributed by atoms with Crippen LogP contribution in [-0.4, -0.2) is 18.5 Å². The second-order valence-electron chi connectivity index (χ2n) is 3.58. The Kier molecular flexibility index (Phi) is 4.92. The van der Waals surface area contributed by atoms with Crippen molar-refractivity contribution in [3.63, 3.8) is 0 Å². The van der Waals surface area contributed by atoms with Gasteiger partial charge in [0.25, 0.3) is 0 Å². The molecular weight excluding hydrogens is 334 g/mol. The van der Waals surface area contributed by atoms with Crippen LogP contribution in [0.1, 0.15) is 18.5 Å². The van der Waals surface area contributed by atoms with Crippen LogP contribution in [0.25, 0.3) is 0 Å². The van der Waals surface area contributed by atoms with Gasteiger partial charge >= 0.3 is 11.9 Å². The van der Waals surface area contributed by atoms with Crippen molar-refractivity contribution >= 4 is 21.9 Å². The Morgan fingerprint density at radius 2 is 2.05 bits per heavy atom. The molecule has 1 aromatic rings. The van der Waals surface area contributed by atoms with Gasteiger partial charge in [-0.15, -0.1) is 0 Å². The van der Waals surface area contributed by atoms with Crippen LogP contribution < -0.4 is 5.73 Å². The third-order valence-corrected chi connectivity index (χ3v) is 2.94. The lowest BCUT2D eigenvalue weighted by molar-refractivity contribution is -0.175. The molecule has 0 fully saturated rings. The molecule has 106 valence electrons. The molecule has 0 aliphatic heterocycles. The zero-order valence-corrected chi connectivity index (χ0v) is 11.3. The fourth-order valence-electron chi connectivity index (χ4n) is 1.36. The second-order valence-corrected chi connectivity index (χ2v) is 4.43. The van der Waals surface area contributed by atoms with Crippen LogP contribution in [0.15, 0.2) is 16.6 Å². The number of alkyl halides is 2. The first-order valence-electron chi connectivity index (χ1n) is 5.17. The average Bonchev–Trinajstić information content (AvgIpc) is 2.34. The summed E-state index contributed by atoms with van der Waals surface area (Å²) in [5.41, 5.74) is 4.05. The topological polar surface area (TPSA) is 52.3 Å². The Bertz CT molecular complexity index is 496. The molecule has 0 saturated heterocycles. The summed E-state index contributed by atoms with van der Waals surface area (Å²) in [6.07, 6.45) is 0. The van der Waals surface area contributed by atoms with E-state index >= 15 is 0 Å². The molecule has 0 aromatic heterocycles. The monoisotopic (exact) mass is 343 g/mol. The van der Waals surface area contributed by atoms with E-state index in [1.165, 1.54) is 6.92 Å². The summed E-state index contributed by atoms with van der Waals surface area (Å²) in [5.74, 6) is -8.71. The molecule has 0 heterocycles. The number of rotatable bonds is 4. The lowest BCUT2D eigenvalue weighted by atomic mass is 10.00. The van der Waals surface area contributed by atoms with Crippen molar-refractivity contribution in [2.45, 2.75) is 18.9 Å². The average molecular weight is 344 g/mol. The predicted octanol–water partition coefficient (Wildman–Crippen LogP) is 2.93. The molecule has 0 radical (unpaired) electrons. The molecule has 0 amide bonds. The maximum atomic E-state index is 13.6. The summed E-state index contributed by atoms with van der Waals surface area (Å²) >= 11 is 2.72. The second kappa shape index (κ2) is 5.87. The highest BCUT2D eigenvalue weighted by Gasteiger charge is 2.49. The molecule has 0 bridgehead atoms. The number of benzene rings is 1. The van der Waals surface area contributed by atoms with Gasteiger partial charge in [0.2, 0.25) is 0 Å². The molecule has 0 aliphatic carbocycles. The SMILES string of the molecule is CCOC(=O)C(F)(F)[C@@H](N)c1c(F)ccc(Br)c1F. The minimum Gasteiger partial charge on any atom is -0.462 e. The van der Waals surface area contributed by atoms with Gasteiger partial charge in [-0.2, -0.15) is 8.78 Å². The molecule has 1 aromatic carbocycles. The largest absolute Gasteiger partial charge is 0.462 e. The smallest absolute Gasteiger partial charge is 0.379 e. The molecule has 1 rings (SSSR count). The van der Waals surface area contributed by atoms with Crippen molar-refractivity contribution in [2.24, 2.45) is 5.73 Å². The molecule has 0 spiro atoms. The Balaban J connectivity index is 3.23. The number of ether oxygens (including phenoxy) is 1. The van der Waals surface area contributed by atoms with Crippen molar-refractivity contribution in [2.75, 3.05) is 6.61 Å². The van der Waals surface area contributed by atoms with E-state index in [1.807, 2.05) is 0 Å². The molecule has 0 saturated carbocycles. The van der Waals surface area contributed by atoms with Crippen molar-refractivity contribution < 1.29 is 27.1 Å². The van der Waals surface area contributed by atoms with Gasteiger partial charge < -0.3 is 10.5 Å². The van der Waals surface area contributed by atoms with Crippen LogP contribution in [0, 0.1) is 11.6 Å². The zero-order chi connectivity index (χ0) is 14.8. The number of hydrogen-bond acceptors (Lipinski definition) is 3. The van der Waals surface area contributed by atoms with Crippen molar-refractivity contribution in [3.8, 4) is 0 Å². The first kappa shape index (κ1) is 15.9. The third kappa shape index (κ3) is 3.06. The van der Waals surface area contributed by atoms with Crippen molar-refractivity contribution in [1.82, 2.24) is 0 Å². The third-order valence-electron chi connectivity index (χ3n) is 2.33. The highest BCUT2D eigenvalue weighted by Crippen LogP contribution is 2.35. The van der Waals surface area contributed by atoms with E-state index in [4.69, 9.17) is 5.73 Å². The Morgan fingerprint density at radius 3 is 2.58 bits per heavy atom. The summed E-state index contributed by atoms with van der Waals surface area (Å²) in [7, 11) is 0. The number of hydrogen-bond donors (Lipinski definition) is 1. The molecule has 3 nitrogen and oxygen atoms in total. The number of carbonyl (C=O) groups excluding carboxylic acids is 1. The van der Waals surface area contributed by atoms with Crippen LogP contribution in [0.2, 0.25) is 0 Å². The summed E-state index contributed by atoms with van der Waals surface area (Å²) in [5, 5.41) is 0. The fraction of sp³-hybridized carbons (Fsp3) is 0.364. The van der Waals surface area contributed by atoms with Gasteiger partial charge in [0.15, 0.2) is 0 Å². The van der Waals surface area contributed by atoms with Gasteiger partial charge in [0, 0.05) is 5.56 Å². The Hall–Kier alpha value is -1.15. The Labute approximate surface area is 114 Å². The van der Waals surface area contributed by atoms with Crippen LogP contribution in [0.4, 0.5) is 17.6 Å². The van der Waals surface area contributed by atoms with E-state index in [2.05, 4.69) is 20.7 Å². The maximum absolute atomic E-state index is 13.6. The summed E-state index contributed by atoms with van der Waals surface area (Å²) < 4.78 is 58.2. The normalized spacial score (nSPS) is 13.2. The van der Waals surface area contributed by atoms with Gasteiger partial charge in [-0.25, -0.2) is 13.6 Å². The molecule has 0 aliphatic rings. The molecule has 2 N–H and O–H groups in total. The highest BCUT2D eigenvalue weighted by atomic mass is 79.9. The molecule has 8 heteroatoms. The van der Waals surface area contributed by atoms with E-state index < -0.39 is 35.1 Å². The number of carbonyl (C=O) groups is 1. The molecule has 0 unspecified atom stereocenters. The minimum atomic E-state index is -4.24. The number of esters is 1. The summed E-state index contributed by atoms with van der Waals surface area (Å²) in [6.45, 7) is 1.02. The highest BCUT2D eigenvalue weighted by molar-refractivity contribution is 9.10. The quantitative estimate of drug-likeness (QED) is 0.519. The van der Waals surface area contributed by atoms with Crippen LogP contribution in [0.5, 0.6) is 0 Å². The predicted molar refractivity (Wildman–Crippen MR) is 62.6 cm³/mol. The van der Waals surface area contributed by atoms with Gasteiger partial charge in [-0.1, -0.05) is 0 Å². The molecule has 1 atom stereocenters. The summed E-state index contributed by atoms with van der Waals surface area (Å²) in [4.78, 5) is 11.1. The lowest BCUT2D eigenvalue weighted by Gasteiger charge is -2.22. The van der Waals surface area contributed by atoms with Gasteiger partial charge in [-0.05, 0) is 35.0 Å². The first-order valence-corrected chi connectivity index (χ1v) is 5.96. The Morgan fingerprint density at radius 1 is 1.47 bits per heavy atom. The van der Waals surface area contributed by atoms with Gasteiger partial charge in [-0.3, -0.25) is 0 Å². The van der Waals surface area contributed by atoms with Crippen molar-refractivity contribution in [3.05, 3.63) is 33.8 Å². The van der Waals surface area contributed by atoms with Gasteiger partial charge in [0.05, 0.1) is 11.1 Å². The van der Waals surface area contributed by atoms with Crippen LogP contribution in [0.3, 0.4) is 0 Å². The van der Waals surface area contributed by atoms with E-state index in [0.29, 0.717) is 0 Å². The first-order chi connectivity index (χ1) is 8.73. The lowest BCUT2D eigenvalue weighted by Crippen LogP contribution is -2.42. The maximum Gasteiger partial charge on any atom is 0.379 e. The minimum absolute atomic E-state index is 0.237. The van der Waals surface area contributed by atoms with Crippen LogP contribution in [-0.2, 0) is 9.53 Å². The standard InChI is InChI=1S/C11H10BrF4NO2/c1-2-19-10(18)11(15,16)9(17)7-6(13)4-3-5(12)8(7)14/h3-4,9H,2,17H2,1H3/t9-/m0/s1. The van der Waals surface area contributed by atoms with E-state index in [9.17, 15) is 22.4 Å². The van der Waals surface area contributed by atoms with Crippen molar-refractivity contribution in [1.29, 1.82) is 0 Å². The zero-order valence-electron chi connectivity index (χ0n) is 9.72. The fourth-order valence-corrected chi connectivity index (χ4v) is 1.71. The van der Waals surface area contributed by atoms with E-state index in [1.54, 1.807) is 0 Å². The van der Waals surface area contributed by atoms with E-state index in [-0.39, 0.29) is 11.1 Å². The number of nitrogens with two attached hydrogens (primary N) is 1. The van der Waals surface area contributed by atoms with E-state index in [0.717, 1.165) is 12.1 Å².